The second-order valence-electron chi connectivity index (χ2n) is 9.55. The van der Waals surface area contributed by atoms with Crippen molar-refractivity contribution in [2.45, 2.75) is 37.7 Å². The topological polar surface area (TPSA) is 131 Å². The number of aromatic nitrogens is 4. The molecule has 2 aliphatic rings. The van der Waals surface area contributed by atoms with Crippen molar-refractivity contribution in [2.24, 2.45) is 7.05 Å². The standard InChI is InChI=1S/C26H26N6O5/c1-30-23-16(22(29-30)17-7-8-21(33)28-25(17)35)4-2-6-20(23)37-15-9-12-31(13-10-15)26(36)18-14-27-32-11-3-5-19(32)24(18)34/h2-6,11,14-15,17,27H,7-10,12-13H2,1H3,(H,28,33,35). The molecule has 2 fully saturated rings. The molecule has 2 aliphatic heterocycles. The van der Waals surface area contributed by atoms with Crippen molar-refractivity contribution in [3.8, 4) is 5.75 Å². The molecule has 6 rings (SSSR count). The number of fused-ring (bicyclic) bond motifs is 2. The van der Waals surface area contributed by atoms with Crippen LogP contribution in [-0.2, 0) is 16.6 Å². The molecule has 5 heterocycles. The number of amides is 3. The van der Waals surface area contributed by atoms with Crippen LogP contribution in [0.15, 0.2) is 47.5 Å². The summed E-state index contributed by atoms with van der Waals surface area (Å²) in [7, 11) is 1.81. The summed E-state index contributed by atoms with van der Waals surface area (Å²) in [5.74, 6) is -0.697. The first-order valence-corrected chi connectivity index (χ1v) is 12.3. The first-order chi connectivity index (χ1) is 17.9. The molecule has 0 spiro atoms. The number of carbonyl (C=O) groups excluding carboxylic acids is 3. The number of para-hydroxylation sites is 1. The van der Waals surface area contributed by atoms with Gasteiger partial charge >= 0.3 is 0 Å². The SMILES string of the molecule is Cn1nc(C2CCC(=O)NC2=O)c2cccc(OC3CCN(C(=O)c4c[nH]n5cccc5c4=O)CC3)c21. The Balaban J connectivity index is 1.17. The minimum Gasteiger partial charge on any atom is -0.488 e. The van der Waals surface area contributed by atoms with Gasteiger partial charge in [-0.1, -0.05) is 12.1 Å². The number of H-pyrrole nitrogens is 1. The summed E-state index contributed by atoms with van der Waals surface area (Å²) in [6, 6.07) is 9.09. The number of aryl methyl sites for hydroxylation is 1. The van der Waals surface area contributed by atoms with Crippen molar-refractivity contribution < 1.29 is 19.1 Å². The van der Waals surface area contributed by atoms with Crippen LogP contribution in [0.5, 0.6) is 5.75 Å². The normalized spacial score (nSPS) is 18.9. The Morgan fingerprint density at radius 3 is 2.68 bits per heavy atom. The van der Waals surface area contributed by atoms with Gasteiger partial charge in [-0.25, -0.2) is 0 Å². The molecule has 3 aromatic heterocycles. The summed E-state index contributed by atoms with van der Waals surface area (Å²) in [5.41, 5.74) is 1.70. The van der Waals surface area contributed by atoms with Gasteiger partial charge in [0, 0.05) is 57.2 Å². The van der Waals surface area contributed by atoms with Crippen molar-refractivity contribution in [1.82, 2.24) is 29.6 Å². The molecule has 1 atom stereocenters. The van der Waals surface area contributed by atoms with Crippen LogP contribution in [-0.4, -0.2) is 61.2 Å². The van der Waals surface area contributed by atoms with Crippen molar-refractivity contribution in [3.05, 3.63) is 64.2 Å². The van der Waals surface area contributed by atoms with Gasteiger partial charge in [0.25, 0.3) is 5.91 Å². The Kier molecular flexibility index (Phi) is 5.54. The lowest BCUT2D eigenvalue weighted by Crippen LogP contribution is -2.43. The maximum atomic E-state index is 13.1. The van der Waals surface area contributed by atoms with E-state index in [2.05, 4.69) is 15.5 Å². The number of hydrogen-bond acceptors (Lipinski definition) is 6. The quantitative estimate of drug-likeness (QED) is 0.409. The second kappa shape index (κ2) is 8.91. The summed E-state index contributed by atoms with van der Waals surface area (Å²) in [6.07, 6.45) is 5.02. The van der Waals surface area contributed by atoms with E-state index in [0.717, 1.165) is 10.9 Å². The highest BCUT2D eigenvalue weighted by molar-refractivity contribution is 6.03. The number of benzene rings is 1. The minimum absolute atomic E-state index is 0.116. The average Bonchev–Trinajstić information content (AvgIpc) is 3.50. The molecule has 2 N–H and O–H groups in total. The van der Waals surface area contributed by atoms with E-state index < -0.39 is 5.92 Å². The zero-order chi connectivity index (χ0) is 25.7. The summed E-state index contributed by atoms with van der Waals surface area (Å²) in [4.78, 5) is 51.5. The summed E-state index contributed by atoms with van der Waals surface area (Å²) >= 11 is 0. The van der Waals surface area contributed by atoms with Crippen molar-refractivity contribution in [1.29, 1.82) is 0 Å². The summed E-state index contributed by atoms with van der Waals surface area (Å²) < 4.78 is 9.68. The molecule has 2 saturated heterocycles. The van der Waals surface area contributed by atoms with Crippen LogP contribution < -0.4 is 15.5 Å². The van der Waals surface area contributed by atoms with Crippen LogP contribution >= 0.6 is 0 Å². The predicted octanol–water partition coefficient (Wildman–Crippen LogP) is 1.72. The molecule has 1 unspecified atom stereocenters. The Hall–Kier alpha value is -4.41. The van der Waals surface area contributed by atoms with Crippen LogP contribution in [0.1, 0.15) is 47.7 Å². The molecule has 1 aromatic carbocycles. The highest BCUT2D eigenvalue weighted by Gasteiger charge is 2.33. The van der Waals surface area contributed by atoms with Gasteiger partial charge in [-0.2, -0.15) is 5.10 Å². The molecule has 3 amide bonds. The number of nitrogens with zero attached hydrogens (tertiary/aromatic N) is 4. The van der Waals surface area contributed by atoms with E-state index in [1.807, 2.05) is 25.2 Å². The van der Waals surface area contributed by atoms with E-state index in [1.165, 1.54) is 6.20 Å². The molecule has 11 heteroatoms. The fraction of sp³-hybridized carbons (Fsp3) is 0.346. The molecular weight excluding hydrogens is 476 g/mol. The van der Waals surface area contributed by atoms with Gasteiger partial charge in [0.2, 0.25) is 17.2 Å². The van der Waals surface area contributed by atoms with E-state index in [-0.39, 0.29) is 41.2 Å². The molecule has 11 nitrogen and oxygen atoms in total. The Morgan fingerprint density at radius 1 is 1.08 bits per heavy atom. The van der Waals surface area contributed by atoms with Crippen molar-refractivity contribution in [2.75, 3.05) is 13.1 Å². The Morgan fingerprint density at radius 2 is 1.89 bits per heavy atom. The number of imide groups is 1. The minimum atomic E-state index is -0.486. The van der Waals surface area contributed by atoms with E-state index in [1.54, 1.807) is 32.4 Å². The zero-order valence-electron chi connectivity index (χ0n) is 20.3. The molecule has 0 radical (unpaired) electrons. The number of piperidine rings is 2. The third-order valence-corrected chi connectivity index (χ3v) is 7.25. The Bertz CT molecular complexity index is 1610. The summed E-state index contributed by atoms with van der Waals surface area (Å²) in [5, 5.41) is 10.8. The smallest absolute Gasteiger partial charge is 0.259 e. The van der Waals surface area contributed by atoms with E-state index >= 15 is 0 Å². The zero-order valence-corrected chi connectivity index (χ0v) is 20.3. The average molecular weight is 503 g/mol. The highest BCUT2D eigenvalue weighted by Crippen LogP contribution is 2.35. The van der Waals surface area contributed by atoms with Crippen LogP contribution in [0.2, 0.25) is 0 Å². The molecule has 0 aliphatic carbocycles. The van der Waals surface area contributed by atoms with E-state index in [0.29, 0.717) is 49.3 Å². The van der Waals surface area contributed by atoms with Gasteiger partial charge in [-0.3, -0.25) is 33.7 Å². The van der Waals surface area contributed by atoms with Crippen LogP contribution in [0, 0.1) is 0 Å². The molecule has 0 bridgehead atoms. The third kappa shape index (κ3) is 3.96. The highest BCUT2D eigenvalue weighted by atomic mass is 16.5. The number of hydrogen-bond donors (Lipinski definition) is 2. The number of aromatic amines is 1. The lowest BCUT2D eigenvalue weighted by Gasteiger charge is -2.32. The number of rotatable bonds is 4. The lowest BCUT2D eigenvalue weighted by molar-refractivity contribution is -0.134. The van der Waals surface area contributed by atoms with E-state index in [4.69, 9.17) is 4.74 Å². The predicted molar refractivity (Wildman–Crippen MR) is 133 cm³/mol. The third-order valence-electron chi connectivity index (χ3n) is 7.25. The van der Waals surface area contributed by atoms with Gasteiger partial charge in [0.05, 0.1) is 11.6 Å². The van der Waals surface area contributed by atoms with Crippen LogP contribution in [0.25, 0.3) is 16.4 Å². The van der Waals surface area contributed by atoms with Gasteiger partial charge in [0.15, 0.2) is 0 Å². The molecule has 4 aromatic rings. The van der Waals surface area contributed by atoms with Gasteiger partial charge in [0.1, 0.15) is 28.5 Å². The van der Waals surface area contributed by atoms with Crippen molar-refractivity contribution >= 4 is 34.1 Å². The molecule has 190 valence electrons. The largest absolute Gasteiger partial charge is 0.488 e. The number of nitrogens with one attached hydrogen (secondary N) is 2. The van der Waals surface area contributed by atoms with Crippen LogP contribution in [0.3, 0.4) is 0 Å². The maximum absolute atomic E-state index is 13.1. The fourth-order valence-corrected chi connectivity index (χ4v) is 5.34. The lowest BCUT2D eigenvalue weighted by atomic mass is 9.93. The number of ether oxygens (including phenoxy) is 1. The molecule has 0 saturated carbocycles. The van der Waals surface area contributed by atoms with E-state index in [9.17, 15) is 19.2 Å². The first kappa shape index (κ1) is 23.0. The monoisotopic (exact) mass is 502 g/mol. The molecular formula is C26H26N6O5. The van der Waals surface area contributed by atoms with Crippen LogP contribution in [0.4, 0.5) is 0 Å². The molecule has 37 heavy (non-hydrogen) atoms. The maximum Gasteiger partial charge on any atom is 0.259 e. The summed E-state index contributed by atoms with van der Waals surface area (Å²) in [6.45, 7) is 0.941. The van der Waals surface area contributed by atoms with Gasteiger partial charge < -0.3 is 14.7 Å². The fourth-order valence-electron chi connectivity index (χ4n) is 5.34. The second-order valence-corrected chi connectivity index (χ2v) is 9.55. The van der Waals surface area contributed by atoms with Gasteiger partial charge in [-0.05, 0) is 24.6 Å². The number of likely N-dealkylation sites (tertiary alicyclic amines) is 1. The Labute approximate surface area is 211 Å². The van der Waals surface area contributed by atoms with Crippen molar-refractivity contribution in [3.63, 3.8) is 0 Å². The first-order valence-electron chi connectivity index (χ1n) is 12.3. The van der Waals surface area contributed by atoms with Gasteiger partial charge in [-0.15, -0.1) is 0 Å². The number of carbonyl (C=O) groups is 3.